The molecule has 0 saturated heterocycles. The fraction of sp³-hybridized carbons (Fsp3) is 0.455. The SMILES string of the molecule is Cc1cc(F)c(C(C)(C)CBr)c(F)c1. The largest absolute Gasteiger partial charge is 0.207 e. The third-order valence-corrected chi connectivity index (χ3v) is 3.60. The number of hydrogen-bond donors (Lipinski definition) is 0. The summed E-state index contributed by atoms with van der Waals surface area (Å²) in [5.41, 5.74) is 0.232. The second kappa shape index (κ2) is 3.97. The number of aryl methyl sites for hydroxylation is 1. The Bertz CT molecular complexity index is 322. The standard InChI is InChI=1S/C11H13BrF2/c1-7-4-8(13)10(9(14)5-7)11(2,3)6-12/h4-5H,6H2,1-3H3. The van der Waals surface area contributed by atoms with Crippen molar-refractivity contribution in [3.05, 3.63) is 34.9 Å². The maximum Gasteiger partial charge on any atom is 0.130 e. The maximum absolute atomic E-state index is 13.5. The van der Waals surface area contributed by atoms with Crippen molar-refractivity contribution in [2.24, 2.45) is 0 Å². The Hall–Kier alpha value is -0.440. The highest BCUT2D eigenvalue weighted by atomic mass is 79.9. The van der Waals surface area contributed by atoms with Crippen LogP contribution in [-0.4, -0.2) is 5.33 Å². The summed E-state index contributed by atoms with van der Waals surface area (Å²) in [4.78, 5) is 0. The highest BCUT2D eigenvalue weighted by Gasteiger charge is 2.26. The molecular weight excluding hydrogens is 250 g/mol. The van der Waals surface area contributed by atoms with Crippen LogP contribution in [0.2, 0.25) is 0 Å². The summed E-state index contributed by atoms with van der Waals surface area (Å²) in [6.45, 7) is 5.29. The van der Waals surface area contributed by atoms with Gasteiger partial charge in [0.15, 0.2) is 0 Å². The summed E-state index contributed by atoms with van der Waals surface area (Å²) in [7, 11) is 0. The van der Waals surface area contributed by atoms with Crippen LogP contribution in [0.4, 0.5) is 8.78 Å². The molecule has 0 bridgehead atoms. The molecule has 0 nitrogen and oxygen atoms in total. The second-order valence-electron chi connectivity index (χ2n) is 4.12. The van der Waals surface area contributed by atoms with Crippen LogP contribution in [0.25, 0.3) is 0 Å². The van der Waals surface area contributed by atoms with Crippen molar-refractivity contribution in [3.63, 3.8) is 0 Å². The monoisotopic (exact) mass is 262 g/mol. The molecular formula is C11H13BrF2. The number of alkyl halides is 1. The van der Waals surface area contributed by atoms with Crippen LogP contribution in [-0.2, 0) is 5.41 Å². The molecule has 0 saturated carbocycles. The lowest BCUT2D eigenvalue weighted by Gasteiger charge is -2.23. The van der Waals surface area contributed by atoms with E-state index in [0.29, 0.717) is 10.9 Å². The zero-order valence-corrected chi connectivity index (χ0v) is 10.1. The lowest BCUT2D eigenvalue weighted by molar-refractivity contribution is 0.481. The summed E-state index contributed by atoms with van der Waals surface area (Å²) in [6.07, 6.45) is 0. The molecule has 0 aliphatic rings. The van der Waals surface area contributed by atoms with E-state index < -0.39 is 17.0 Å². The molecule has 0 fully saturated rings. The van der Waals surface area contributed by atoms with Gasteiger partial charge in [-0.05, 0) is 24.6 Å². The number of rotatable bonds is 2. The Morgan fingerprint density at radius 1 is 1.21 bits per heavy atom. The van der Waals surface area contributed by atoms with Crippen molar-refractivity contribution in [1.29, 1.82) is 0 Å². The molecule has 1 aromatic carbocycles. The maximum atomic E-state index is 13.5. The first-order chi connectivity index (χ1) is 6.38. The smallest absolute Gasteiger partial charge is 0.130 e. The van der Waals surface area contributed by atoms with Gasteiger partial charge in [0.25, 0.3) is 0 Å². The average Bonchev–Trinajstić information content (AvgIpc) is 2.01. The van der Waals surface area contributed by atoms with E-state index >= 15 is 0 Å². The zero-order valence-electron chi connectivity index (χ0n) is 8.50. The van der Waals surface area contributed by atoms with Gasteiger partial charge in [0.2, 0.25) is 0 Å². The van der Waals surface area contributed by atoms with Gasteiger partial charge in [-0.2, -0.15) is 0 Å². The van der Waals surface area contributed by atoms with Crippen molar-refractivity contribution < 1.29 is 8.78 Å². The first kappa shape index (κ1) is 11.6. The summed E-state index contributed by atoms with van der Waals surface area (Å²) >= 11 is 3.26. The normalized spacial score (nSPS) is 11.9. The summed E-state index contributed by atoms with van der Waals surface area (Å²) in [6, 6.07) is 2.73. The molecule has 3 heteroatoms. The molecule has 0 spiro atoms. The van der Waals surface area contributed by atoms with Gasteiger partial charge in [0.1, 0.15) is 11.6 Å². The Morgan fingerprint density at radius 2 is 1.64 bits per heavy atom. The van der Waals surface area contributed by atoms with E-state index in [4.69, 9.17) is 0 Å². The first-order valence-corrected chi connectivity index (χ1v) is 5.52. The zero-order chi connectivity index (χ0) is 10.9. The van der Waals surface area contributed by atoms with Crippen LogP contribution in [0.5, 0.6) is 0 Å². The van der Waals surface area contributed by atoms with Crippen molar-refractivity contribution >= 4 is 15.9 Å². The van der Waals surface area contributed by atoms with Crippen molar-refractivity contribution in [1.82, 2.24) is 0 Å². The molecule has 0 N–H and O–H groups in total. The van der Waals surface area contributed by atoms with E-state index in [2.05, 4.69) is 15.9 Å². The Labute approximate surface area is 91.5 Å². The minimum absolute atomic E-state index is 0.153. The Balaban J connectivity index is 3.35. The molecule has 0 atom stereocenters. The number of benzene rings is 1. The topological polar surface area (TPSA) is 0 Å². The quantitative estimate of drug-likeness (QED) is 0.709. The van der Waals surface area contributed by atoms with Crippen molar-refractivity contribution in [2.75, 3.05) is 5.33 Å². The van der Waals surface area contributed by atoms with Gasteiger partial charge >= 0.3 is 0 Å². The van der Waals surface area contributed by atoms with Gasteiger partial charge in [-0.25, -0.2) is 8.78 Å². The molecule has 78 valence electrons. The molecule has 1 aromatic rings. The Morgan fingerprint density at radius 3 is 2.00 bits per heavy atom. The fourth-order valence-electron chi connectivity index (χ4n) is 1.41. The van der Waals surface area contributed by atoms with Gasteiger partial charge in [-0.3, -0.25) is 0 Å². The summed E-state index contributed by atoms with van der Waals surface area (Å²) in [5.74, 6) is -0.932. The van der Waals surface area contributed by atoms with Crippen LogP contribution < -0.4 is 0 Å². The van der Waals surface area contributed by atoms with Gasteiger partial charge in [-0.15, -0.1) is 0 Å². The highest BCUT2D eigenvalue weighted by molar-refractivity contribution is 9.09. The Kier molecular flexibility index (Phi) is 3.30. The average molecular weight is 263 g/mol. The van der Waals surface area contributed by atoms with E-state index in [1.165, 1.54) is 12.1 Å². The fourth-order valence-corrected chi connectivity index (χ4v) is 1.69. The molecule has 0 unspecified atom stereocenters. The van der Waals surface area contributed by atoms with E-state index in [1.807, 2.05) is 0 Å². The molecule has 0 amide bonds. The minimum Gasteiger partial charge on any atom is -0.207 e. The van der Waals surface area contributed by atoms with Crippen LogP contribution in [0.15, 0.2) is 12.1 Å². The molecule has 0 aromatic heterocycles. The van der Waals surface area contributed by atoms with Crippen LogP contribution in [0.3, 0.4) is 0 Å². The second-order valence-corrected chi connectivity index (χ2v) is 4.68. The minimum atomic E-state index is -0.526. The van der Waals surface area contributed by atoms with Crippen molar-refractivity contribution in [3.8, 4) is 0 Å². The van der Waals surface area contributed by atoms with Crippen LogP contribution >= 0.6 is 15.9 Å². The van der Waals surface area contributed by atoms with Gasteiger partial charge < -0.3 is 0 Å². The summed E-state index contributed by atoms with van der Waals surface area (Å²) < 4.78 is 27.1. The predicted octanol–water partition coefficient (Wildman–Crippen LogP) is 3.95. The van der Waals surface area contributed by atoms with Gasteiger partial charge in [0.05, 0.1) is 0 Å². The highest BCUT2D eigenvalue weighted by Crippen LogP contribution is 2.30. The number of halogens is 3. The third kappa shape index (κ3) is 2.14. The van der Waals surface area contributed by atoms with Crippen LogP contribution in [0, 0.1) is 18.6 Å². The summed E-state index contributed by atoms with van der Waals surface area (Å²) in [5, 5.41) is 0.525. The number of hydrogen-bond acceptors (Lipinski definition) is 0. The van der Waals surface area contributed by atoms with E-state index in [-0.39, 0.29) is 5.56 Å². The third-order valence-electron chi connectivity index (χ3n) is 2.20. The molecule has 0 aliphatic carbocycles. The molecule has 0 heterocycles. The lowest BCUT2D eigenvalue weighted by Crippen LogP contribution is -2.22. The van der Waals surface area contributed by atoms with Crippen LogP contribution in [0.1, 0.15) is 25.0 Å². The van der Waals surface area contributed by atoms with Gasteiger partial charge in [0, 0.05) is 16.3 Å². The predicted molar refractivity (Wildman–Crippen MR) is 57.9 cm³/mol. The van der Waals surface area contributed by atoms with Gasteiger partial charge in [-0.1, -0.05) is 29.8 Å². The molecule has 14 heavy (non-hydrogen) atoms. The first-order valence-electron chi connectivity index (χ1n) is 4.40. The van der Waals surface area contributed by atoms with Crippen molar-refractivity contribution in [2.45, 2.75) is 26.2 Å². The molecule has 0 radical (unpaired) electrons. The molecule has 0 aliphatic heterocycles. The van der Waals surface area contributed by atoms with E-state index in [9.17, 15) is 8.78 Å². The lowest BCUT2D eigenvalue weighted by atomic mass is 9.85. The van der Waals surface area contributed by atoms with E-state index in [0.717, 1.165) is 0 Å². The molecule has 1 rings (SSSR count). The van der Waals surface area contributed by atoms with E-state index in [1.54, 1.807) is 20.8 Å².